The van der Waals surface area contributed by atoms with Crippen LogP contribution in [-0.2, 0) is 11.2 Å². The van der Waals surface area contributed by atoms with Gasteiger partial charge in [-0.3, -0.25) is 0 Å². The number of fused-ring (bicyclic) bond motifs is 1. The lowest BCUT2D eigenvalue weighted by Gasteiger charge is -2.33. The zero-order valence-corrected chi connectivity index (χ0v) is 11.9. The van der Waals surface area contributed by atoms with Crippen molar-refractivity contribution in [1.82, 2.24) is 0 Å². The molecule has 0 atom stereocenters. The van der Waals surface area contributed by atoms with Gasteiger partial charge in [0.2, 0.25) is 0 Å². The van der Waals surface area contributed by atoms with E-state index in [2.05, 4.69) is 0 Å². The number of hydrogen-bond donors (Lipinski definition) is 0. The number of hydrogen-bond acceptors (Lipinski definition) is 3. The number of ether oxygens (including phenoxy) is 2. The number of halogens is 2. The zero-order chi connectivity index (χ0) is 14.2. The van der Waals surface area contributed by atoms with Gasteiger partial charge in [-0.05, 0) is 45.2 Å². The fraction of sp³-hybridized carbons (Fsp3) is 0.500. The molecule has 19 heavy (non-hydrogen) atoms. The van der Waals surface area contributed by atoms with Gasteiger partial charge in [-0.2, -0.15) is 0 Å². The summed E-state index contributed by atoms with van der Waals surface area (Å²) in [5.74, 6) is -1.26. The number of rotatable bonds is 2. The highest BCUT2D eigenvalue weighted by atomic mass is 35.5. The van der Waals surface area contributed by atoms with Gasteiger partial charge in [-0.25, -0.2) is 9.18 Å². The van der Waals surface area contributed by atoms with E-state index in [1.165, 1.54) is 6.07 Å². The molecule has 0 fully saturated rings. The maximum Gasteiger partial charge on any atom is 0.345 e. The molecule has 0 radical (unpaired) electrons. The first-order chi connectivity index (χ1) is 8.85. The van der Waals surface area contributed by atoms with Crippen LogP contribution < -0.4 is 4.74 Å². The molecule has 5 heteroatoms. The van der Waals surface area contributed by atoms with E-state index in [0.717, 1.165) is 12.0 Å². The number of carbonyl (C=O) groups is 1. The lowest BCUT2D eigenvalue weighted by molar-refractivity contribution is 0.0486. The van der Waals surface area contributed by atoms with Gasteiger partial charge in [0.05, 0.1) is 11.6 Å². The predicted octanol–water partition coefficient (Wildman–Crippen LogP) is 3.76. The Hall–Kier alpha value is -1.29. The summed E-state index contributed by atoms with van der Waals surface area (Å²) in [6.45, 7) is 5.63. The SMILES string of the molecule is CCOC(=O)c1c(F)c(Cl)cc2c1OC(C)(C)CC2. The minimum atomic E-state index is -0.781. The van der Waals surface area contributed by atoms with E-state index in [-0.39, 0.29) is 22.9 Å². The van der Waals surface area contributed by atoms with E-state index in [1.807, 2.05) is 13.8 Å². The molecule has 104 valence electrons. The van der Waals surface area contributed by atoms with Crippen molar-refractivity contribution in [2.45, 2.75) is 39.2 Å². The van der Waals surface area contributed by atoms with E-state index in [9.17, 15) is 9.18 Å². The van der Waals surface area contributed by atoms with Crippen molar-refractivity contribution in [3.05, 3.63) is 28.0 Å². The first kappa shape index (κ1) is 14.1. The average molecular weight is 287 g/mol. The summed E-state index contributed by atoms with van der Waals surface area (Å²) in [4.78, 5) is 11.9. The van der Waals surface area contributed by atoms with Crippen molar-refractivity contribution >= 4 is 17.6 Å². The Kier molecular flexibility index (Phi) is 3.72. The third-order valence-electron chi connectivity index (χ3n) is 3.10. The summed E-state index contributed by atoms with van der Waals surface area (Å²) in [7, 11) is 0. The van der Waals surface area contributed by atoms with Crippen LogP contribution in [0.4, 0.5) is 4.39 Å². The van der Waals surface area contributed by atoms with E-state index >= 15 is 0 Å². The van der Waals surface area contributed by atoms with Gasteiger partial charge in [-0.15, -0.1) is 0 Å². The third-order valence-corrected chi connectivity index (χ3v) is 3.38. The predicted molar refractivity (Wildman–Crippen MR) is 70.4 cm³/mol. The molecule has 0 saturated heterocycles. The van der Waals surface area contributed by atoms with Crippen molar-refractivity contribution in [3.8, 4) is 5.75 Å². The maximum absolute atomic E-state index is 14.1. The molecule has 0 unspecified atom stereocenters. The molecule has 1 aromatic carbocycles. The molecule has 0 aliphatic carbocycles. The van der Waals surface area contributed by atoms with Crippen molar-refractivity contribution in [2.24, 2.45) is 0 Å². The summed E-state index contributed by atoms with van der Waals surface area (Å²) in [6.07, 6.45) is 1.47. The van der Waals surface area contributed by atoms with E-state index < -0.39 is 17.4 Å². The van der Waals surface area contributed by atoms with Crippen molar-refractivity contribution in [2.75, 3.05) is 6.61 Å². The highest BCUT2D eigenvalue weighted by Crippen LogP contribution is 2.39. The molecule has 0 bridgehead atoms. The highest BCUT2D eigenvalue weighted by Gasteiger charge is 2.33. The summed E-state index contributed by atoms with van der Waals surface area (Å²) >= 11 is 5.83. The molecule has 3 nitrogen and oxygen atoms in total. The Balaban J connectivity index is 2.57. The quantitative estimate of drug-likeness (QED) is 0.777. The fourth-order valence-corrected chi connectivity index (χ4v) is 2.34. The lowest BCUT2D eigenvalue weighted by atomic mass is 9.92. The number of aryl methyl sites for hydroxylation is 1. The largest absolute Gasteiger partial charge is 0.487 e. The maximum atomic E-state index is 14.1. The molecule has 0 spiro atoms. The van der Waals surface area contributed by atoms with Crippen molar-refractivity contribution in [3.63, 3.8) is 0 Å². The standard InChI is InChI=1S/C14H16ClFO3/c1-4-18-13(17)10-11(16)9(15)7-8-5-6-14(2,3)19-12(8)10/h7H,4-6H2,1-3H3. The van der Waals surface area contributed by atoms with E-state index in [4.69, 9.17) is 21.1 Å². The molecule has 1 aromatic rings. The summed E-state index contributed by atoms with van der Waals surface area (Å²) in [6, 6.07) is 1.52. The van der Waals surface area contributed by atoms with Gasteiger partial charge in [-0.1, -0.05) is 11.6 Å². The first-order valence-electron chi connectivity index (χ1n) is 6.22. The molecular formula is C14H16ClFO3. The van der Waals surface area contributed by atoms with Gasteiger partial charge in [0.1, 0.15) is 16.9 Å². The number of carbonyl (C=O) groups excluding carboxylic acids is 1. The van der Waals surface area contributed by atoms with Crippen molar-refractivity contribution in [1.29, 1.82) is 0 Å². The Labute approximate surface area is 116 Å². The minimum absolute atomic E-state index is 0.0786. The molecule has 0 aromatic heterocycles. The van der Waals surface area contributed by atoms with Crippen LogP contribution in [0.1, 0.15) is 43.1 Å². The summed E-state index contributed by atoms with van der Waals surface area (Å²) in [5, 5.41) is -0.0786. The van der Waals surface area contributed by atoms with Crippen LogP contribution in [0.25, 0.3) is 0 Å². The molecule has 2 rings (SSSR count). The van der Waals surface area contributed by atoms with Gasteiger partial charge in [0.25, 0.3) is 0 Å². The molecule has 1 aliphatic heterocycles. The molecule has 0 N–H and O–H groups in total. The smallest absolute Gasteiger partial charge is 0.345 e. The van der Waals surface area contributed by atoms with Crippen molar-refractivity contribution < 1.29 is 18.7 Å². The number of benzene rings is 1. The van der Waals surface area contributed by atoms with E-state index in [1.54, 1.807) is 6.92 Å². The Morgan fingerprint density at radius 2 is 2.26 bits per heavy atom. The second-order valence-electron chi connectivity index (χ2n) is 5.12. The topological polar surface area (TPSA) is 35.5 Å². The Morgan fingerprint density at radius 3 is 2.89 bits per heavy atom. The average Bonchev–Trinajstić information content (AvgIpc) is 2.31. The monoisotopic (exact) mass is 286 g/mol. The van der Waals surface area contributed by atoms with Gasteiger partial charge < -0.3 is 9.47 Å². The minimum Gasteiger partial charge on any atom is -0.487 e. The third kappa shape index (κ3) is 2.68. The summed E-state index contributed by atoms with van der Waals surface area (Å²) in [5.41, 5.74) is 0.111. The van der Waals surface area contributed by atoms with Gasteiger partial charge in [0, 0.05) is 0 Å². The second kappa shape index (κ2) is 5.00. The lowest BCUT2D eigenvalue weighted by Crippen LogP contribution is -2.34. The van der Waals surface area contributed by atoms with Gasteiger partial charge in [0.15, 0.2) is 5.82 Å². The molecule has 1 heterocycles. The van der Waals surface area contributed by atoms with Gasteiger partial charge >= 0.3 is 5.97 Å². The molecule has 1 aliphatic rings. The highest BCUT2D eigenvalue weighted by molar-refractivity contribution is 6.31. The molecular weight excluding hydrogens is 271 g/mol. The fourth-order valence-electron chi connectivity index (χ4n) is 2.11. The van der Waals surface area contributed by atoms with Crippen LogP contribution in [0, 0.1) is 5.82 Å². The van der Waals surface area contributed by atoms with E-state index in [0.29, 0.717) is 6.42 Å². The van der Waals surface area contributed by atoms with Crippen LogP contribution in [0.3, 0.4) is 0 Å². The van der Waals surface area contributed by atoms with Crippen LogP contribution in [-0.4, -0.2) is 18.2 Å². The number of esters is 1. The van der Waals surface area contributed by atoms with Crippen LogP contribution in [0.2, 0.25) is 5.02 Å². The Bertz CT molecular complexity index is 526. The first-order valence-corrected chi connectivity index (χ1v) is 6.60. The second-order valence-corrected chi connectivity index (χ2v) is 5.53. The molecule has 0 saturated carbocycles. The van der Waals surface area contributed by atoms with Crippen LogP contribution in [0.5, 0.6) is 5.75 Å². The summed E-state index contributed by atoms with van der Waals surface area (Å²) < 4.78 is 24.7. The molecule has 0 amide bonds. The normalized spacial score (nSPS) is 16.5. The van der Waals surface area contributed by atoms with Crippen LogP contribution in [0.15, 0.2) is 6.07 Å². The zero-order valence-electron chi connectivity index (χ0n) is 11.2. The Morgan fingerprint density at radius 1 is 1.58 bits per heavy atom. The van der Waals surface area contributed by atoms with Crippen LogP contribution >= 0.6 is 11.6 Å².